The SMILES string of the molecule is CCN=c1cc2oc3cc(NCC)c(C)cc3c(-c3ccc(C(=O)NCCOCCOCCOCCOCCC(=O)NCC(C)(C)SSCO[C@@H]4C[C@H](n5cc(C)c(=O)[nH]c5=O)O[C@@H]4COP(=O)(O)OP(=O)(O)OP(=O)(O)O)cc3C(=O)O)c-2cc1C. The molecule has 9 N–H and O–H groups in total. The summed E-state index contributed by atoms with van der Waals surface area (Å²) in [6.45, 7) is 15.8. The number of aromatic carboxylic acids is 1. The zero-order valence-corrected chi connectivity index (χ0v) is 53.1. The zero-order chi connectivity index (χ0) is 63.7. The number of benzene rings is 3. The molecule has 2 amide bonds. The van der Waals surface area contributed by atoms with E-state index in [-0.39, 0.29) is 107 Å². The highest BCUT2D eigenvalue weighted by Crippen LogP contribution is 2.66. The summed E-state index contributed by atoms with van der Waals surface area (Å²) in [5.74, 6) is -1.38. The van der Waals surface area contributed by atoms with Crippen LogP contribution in [0.15, 0.2) is 67.7 Å². The number of anilines is 1. The third-order valence-corrected chi connectivity index (χ3v) is 19.5. The van der Waals surface area contributed by atoms with Crippen molar-refractivity contribution in [1.29, 1.82) is 0 Å². The molecule has 29 nitrogen and oxygen atoms in total. The minimum atomic E-state index is -5.80. The van der Waals surface area contributed by atoms with Gasteiger partial charge in [0.2, 0.25) is 5.91 Å². The van der Waals surface area contributed by atoms with Crippen molar-refractivity contribution >= 4 is 79.5 Å². The van der Waals surface area contributed by atoms with Gasteiger partial charge in [-0.05, 0) is 89.4 Å². The molecule has 2 aromatic carbocycles. The molecule has 34 heteroatoms. The number of aryl methyl sites for hydroxylation is 3. The smallest absolute Gasteiger partial charge is 0.478 e. The first-order valence-corrected chi connectivity index (χ1v) is 34.1. The zero-order valence-electron chi connectivity index (χ0n) is 48.8. The lowest BCUT2D eigenvalue weighted by atomic mass is 9.88. The summed E-state index contributed by atoms with van der Waals surface area (Å²) in [6, 6.07) is 12.4. The van der Waals surface area contributed by atoms with Crippen LogP contribution in [0.2, 0.25) is 0 Å². The minimum absolute atomic E-state index is 0.0196. The molecule has 3 aliphatic rings. The largest absolute Gasteiger partial charge is 0.490 e. The number of nitrogens with one attached hydrogen (secondary N) is 4. The summed E-state index contributed by atoms with van der Waals surface area (Å²) in [5.41, 5.74) is 3.99. The number of nitrogens with zero attached hydrogens (tertiary/aromatic N) is 2. The molecule has 3 aromatic rings. The molecule has 1 aromatic heterocycles. The summed E-state index contributed by atoms with van der Waals surface area (Å²) in [5, 5.41) is 21.0. The molecular weight excluding hydrogens is 1250 g/mol. The predicted octanol–water partition coefficient (Wildman–Crippen LogP) is 6.17. The summed E-state index contributed by atoms with van der Waals surface area (Å²) >= 11 is 0. The van der Waals surface area contributed by atoms with Crippen molar-refractivity contribution in [2.75, 3.05) is 96.9 Å². The van der Waals surface area contributed by atoms with Crippen LogP contribution in [0.1, 0.15) is 84.2 Å². The molecule has 1 aliphatic carbocycles. The van der Waals surface area contributed by atoms with Crippen LogP contribution in [0, 0.1) is 20.8 Å². The Morgan fingerprint density at radius 3 is 2.16 bits per heavy atom. The molecule has 0 saturated carbocycles. The van der Waals surface area contributed by atoms with Gasteiger partial charge in [0.05, 0.1) is 76.5 Å². The second kappa shape index (κ2) is 32.6. The quantitative estimate of drug-likeness (QED) is 0.00712. The van der Waals surface area contributed by atoms with Crippen molar-refractivity contribution in [3.05, 3.63) is 103 Å². The normalized spacial score (nSPS) is 17.1. The number of rotatable bonds is 36. The summed E-state index contributed by atoms with van der Waals surface area (Å²) < 4.78 is 88.6. The van der Waals surface area contributed by atoms with Gasteiger partial charge in [0, 0.05) is 95.4 Å². The number of H-pyrrole nitrogens is 1. The first-order valence-electron chi connectivity index (χ1n) is 27.3. The lowest BCUT2D eigenvalue weighted by Crippen LogP contribution is -2.36. The van der Waals surface area contributed by atoms with Crippen LogP contribution >= 0.6 is 45.1 Å². The Balaban J connectivity index is 0.832. The number of amides is 2. The topological polar surface area (TPSA) is 403 Å². The molecule has 1 fully saturated rings. The summed E-state index contributed by atoms with van der Waals surface area (Å²) in [6.07, 6.45) is -1.98. The van der Waals surface area contributed by atoms with Gasteiger partial charge in [0.25, 0.3) is 11.5 Å². The molecule has 87 heavy (non-hydrogen) atoms. The van der Waals surface area contributed by atoms with Gasteiger partial charge in [0.15, 0.2) is 0 Å². The number of carbonyl (C=O) groups is 3. The molecule has 2 unspecified atom stereocenters. The fourth-order valence-corrected chi connectivity index (χ4v) is 13.9. The molecule has 2 aliphatic heterocycles. The first-order chi connectivity index (χ1) is 41.1. The lowest BCUT2D eigenvalue weighted by molar-refractivity contribution is -0.122. The van der Waals surface area contributed by atoms with E-state index in [0.29, 0.717) is 35.6 Å². The van der Waals surface area contributed by atoms with Gasteiger partial charge in [-0.3, -0.25) is 33.5 Å². The maximum atomic E-state index is 13.3. The number of hydrogen-bond acceptors (Lipinski definition) is 22. The molecule has 1 saturated heterocycles. The highest BCUT2D eigenvalue weighted by Gasteiger charge is 2.44. The highest BCUT2D eigenvalue weighted by atomic mass is 33.1. The van der Waals surface area contributed by atoms with Crippen molar-refractivity contribution in [3.8, 4) is 22.5 Å². The van der Waals surface area contributed by atoms with Crippen molar-refractivity contribution in [3.63, 3.8) is 0 Å². The van der Waals surface area contributed by atoms with Gasteiger partial charge in [0.1, 0.15) is 29.6 Å². The van der Waals surface area contributed by atoms with Gasteiger partial charge in [-0.2, -0.15) is 8.62 Å². The fourth-order valence-electron chi connectivity index (χ4n) is 8.74. The summed E-state index contributed by atoms with van der Waals surface area (Å²) in [4.78, 5) is 107. The number of carbonyl (C=O) groups excluding carboxylic acids is 2. The van der Waals surface area contributed by atoms with Crippen LogP contribution < -0.4 is 32.6 Å². The minimum Gasteiger partial charge on any atom is -0.478 e. The van der Waals surface area contributed by atoms with Gasteiger partial charge < -0.3 is 73.5 Å². The standard InChI is InChI=1S/C53H73N6O23P3S2/c1-8-54-40-25-42-38(22-32(40)3)48(39-23-33(4)41(55-9-2)26-43(39)79-42)36-11-10-35(24-37(36)51(63)64)50(62)56-13-15-74-17-19-76-21-20-75-18-16-73-14-12-46(60)57-30-53(6,7)87-86-31-77-44-27-47(59-28-34(5)49(61)58-52(59)65)80-45(44)29-78-84(69,70)82-85(71,72)81-83(66,67)68/h10-11,22-26,28,44-45,47,54H,8-9,12-21,27,29-31H2,1-7H3,(H,56,62)(H,57,60)(H,63,64)(H,69,70)(H,71,72)(H,58,61,65)(H2,66,67,68)/t44-,45-,47-/m1/s1. The molecular formula is C53H73N6O23P3S2. The Bertz CT molecular complexity index is 3520. The Morgan fingerprint density at radius 2 is 1.51 bits per heavy atom. The number of phosphoric ester groups is 1. The Hall–Kier alpha value is -5.11. The lowest BCUT2D eigenvalue weighted by Gasteiger charge is -2.24. The van der Waals surface area contributed by atoms with E-state index in [4.69, 9.17) is 47.1 Å². The molecule has 0 spiro atoms. The van der Waals surface area contributed by atoms with Crippen molar-refractivity contribution in [2.45, 2.75) is 84.5 Å². The number of aromatic nitrogens is 2. The number of fused-ring (bicyclic) bond motifs is 2. The van der Waals surface area contributed by atoms with Gasteiger partial charge in [-0.1, -0.05) is 27.7 Å². The third-order valence-electron chi connectivity index (χ3n) is 12.8. The van der Waals surface area contributed by atoms with Gasteiger partial charge in [-0.15, -0.1) is 0 Å². The van der Waals surface area contributed by atoms with Crippen molar-refractivity contribution < 1.29 is 98.7 Å². The van der Waals surface area contributed by atoms with Crippen molar-refractivity contribution in [2.24, 2.45) is 4.99 Å². The predicted molar refractivity (Wildman–Crippen MR) is 322 cm³/mol. The number of phosphoric acid groups is 3. The Kier molecular flexibility index (Phi) is 26.6. The fraction of sp³-hybridized carbons (Fsp3) is 0.509. The average molecular weight is 1320 g/mol. The van der Waals surface area contributed by atoms with E-state index in [9.17, 15) is 52.6 Å². The maximum Gasteiger partial charge on any atom is 0.490 e. The number of hydrogen-bond donors (Lipinski definition) is 9. The molecule has 6 rings (SSSR count). The van der Waals surface area contributed by atoms with Crippen LogP contribution in [0.4, 0.5) is 5.69 Å². The highest BCUT2D eigenvalue weighted by molar-refractivity contribution is 8.77. The number of carboxylic acids is 1. The van der Waals surface area contributed by atoms with E-state index < -0.39 is 76.4 Å². The van der Waals surface area contributed by atoms with E-state index in [1.807, 2.05) is 65.8 Å². The van der Waals surface area contributed by atoms with E-state index in [1.54, 1.807) is 12.1 Å². The van der Waals surface area contributed by atoms with Crippen molar-refractivity contribution in [1.82, 2.24) is 20.2 Å². The molecule has 5 atom stereocenters. The monoisotopic (exact) mass is 1320 g/mol. The van der Waals surface area contributed by atoms with E-state index in [0.717, 1.165) is 37.7 Å². The van der Waals surface area contributed by atoms with Gasteiger partial charge >= 0.3 is 35.1 Å². The number of aromatic amines is 1. The van der Waals surface area contributed by atoms with Crippen LogP contribution in [0.5, 0.6) is 0 Å². The number of ether oxygens (including phenoxy) is 6. The second-order valence-electron chi connectivity index (χ2n) is 20.1. The first kappa shape index (κ1) is 71.0. The molecule has 480 valence electrons. The van der Waals surface area contributed by atoms with Crippen LogP contribution in [0.25, 0.3) is 33.4 Å². The van der Waals surface area contributed by atoms with Crippen LogP contribution in [0.3, 0.4) is 0 Å². The second-order valence-corrected chi connectivity index (χ2v) is 27.5. The third kappa shape index (κ3) is 21.8. The average Bonchev–Trinajstić information content (AvgIpc) is 1.27. The van der Waals surface area contributed by atoms with Crippen LogP contribution in [-0.4, -0.2) is 161 Å². The summed E-state index contributed by atoms with van der Waals surface area (Å²) in [7, 11) is -14.4. The molecule has 3 heterocycles. The van der Waals surface area contributed by atoms with E-state index >= 15 is 0 Å². The van der Waals surface area contributed by atoms with E-state index in [1.165, 1.54) is 40.8 Å². The Morgan fingerprint density at radius 1 is 0.828 bits per heavy atom. The van der Waals surface area contributed by atoms with Gasteiger partial charge in [-0.25, -0.2) is 23.3 Å². The maximum absolute atomic E-state index is 13.3. The molecule has 0 radical (unpaired) electrons. The molecule has 0 bridgehead atoms. The van der Waals surface area contributed by atoms with Crippen LogP contribution in [-0.2, 0) is 60.1 Å². The Labute approximate surface area is 507 Å². The van der Waals surface area contributed by atoms with E-state index in [2.05, 4.69) is 34.5 Å². The number of carboxylic acid groups (broad SMARTS) is 1.